The average molecular weight is 297 g/mol. The van der Waals surface area contributed by atoms with Crippen LogP contribution in [0.1, 0.15) is 28.4 Å². The molecule has 2 aromatic rings. The van der Waals surface area contributed by atoms with Crippen LogP contribution in [0.5, 0.6) is 0 Å². The molecule has 114 valence electrons. The van der Waals surface area contributed by atoms with E-state index in [1.54, 1.807) is 18.2 Å². The van der Waals surface area contributed by atoms with Crippen LogP contribution < -0.4 is 5.32 Å². The zero-order valence-electron chi connectivity index (χ0n) is 12.8. The van der Waals surface area contributed by atoms with Crippen molar-refractivity contribution in [2.75, 3.05) is 11.9 Å². The van der Waals surface area contributed by atoms with Crippen molar-refractivity contribution < 1.29 is 14.3 Å². The first kappa shape index (κ1) is 15.8. The monoisotopic (exact) mass is 297 g/mol. The van der Waals surface area contributed by atoms with Crippen molar-refractivity contribution in [2.45, 2.75) is 20.3 Å². The molecule has 0 heterocycles. The Bertz CT molecular complexity index is 680. The number of carbonyl (C=O) groups is 2. The smallest absolute Gasteiger partial charge is 0.338 e. The third-order valence-corrected chi connectivity index (χ3v) is 3.32. The van der Waals surface area contributed by atoms with Crippen molar-refractivity contribution in [3.8, 4) is 0 Å². The number of benzene rings is 2. The summed E-state index contributed by atoms with van der Waals surface area (Å²) in [6, 6.07) is 14.7. The zero-order chi connectivity index (χ0) is 15.9. The molecule has 1 amide bonds. The van der Waals surface area contributed by atoms with Crippen LogP contribution in [0.15, 0.2) is 48.5 Å². The molecular formula is C18H19NO3. The van der Waals surface area contributed by atoms with E-state index in [0.717, 1.165) is 17.5 Å². The molecule has 22 heavy (non-hydrogen) atoms. The van der Waals surface area contributed by atoms with Gasteiger partial charge in [0.1, 0.15) is 0 Å². The van der Waals surface area contributed by atoms with E-state index in [4.69, 9.17) is 4.74 Å². The summed E-state index contributed by atoms with van der Waals surface area (Å²) in [5.41, 5.74) is 3.14. The third kappa shape index (κ3) is 4.19. The molecule has 0 aliphatic rings. The number of hydrogen-bond acceptors (Lipinski definition) is 3. The summed E-state index contributed by atoms with van der Waals surface area (Å²) in [6.45, 7) is 3.57. The first-order chi connectivity index (χ1) is 10.6. The SMILES string of the molecule is CCc1cccc(NC(=O)COC(=O)c2ccccc2C)c1. The molecule has 0 saturated carbocycles. The molecular weight excluding hydrogens is 278 g/mol. The number of anilines is 1. The molecule has 0 radical (unpaired) electrons. The maximum atomic E-state index is 11.9. The van der Waals surface area contributed by atoms with Crippen molar-refractivity contribution in [2.24, 2.45) is 0 Å². The maximum Gasteiger partial charge on any atom is 0.338 e. The zero-order valence-corrected chi connectivity index (χ0v) is 12.8. The Balaban J connectivity index is 1.90. The molecule has 0 bridgehead atoms. The molecule has 0 fully saturated rings. The van der Waals surface area contributed by atoms with Crippen LogP contribution in [0, 0.1) is 6.92 Å². The van der Waals surface area contributed by atoms with Crippen molar-refractivity contribution in [1.29, 1.82) is 0 Å². The van der Waals surface area contributed by atoms with Gasteiger partial charge < -0.3 is 10.1 Å². The molecule has 0 unspecified atom stereocenters. The topological polar surface area (TPSA) is 55.4 Å². The van der Waals surface area contributed by atoms with E-state index >= 15 is 0 Å². The van der Waals surface area contributed by atoms with E-state index in [0.29, 0.717) is 11.3 Å². The first-order valence-electron chi connectivity index (χ1n) is 7.21. The lowest BCUT2D eigenvalue weighted by atomic mass is 10.1. The van der Waals surface area contributed by atoms with E-state index in [2.05, 4.69) is 5.32 Å². The number of nitrogens with one attached hydrogen (secondary N) is 1. The molecule has 4 heteroatoms. The Kier molecular flexibility index (Phi) is 5.31. The highest BCUT2D eigenvalue weighted by Gasteiger charge is 2.12. The Morgan fingerprint density at radius 3 is 2.59 bits per heavy atom. The predicted molar refractivity (Wildman–Crippen MR) is 85.9 cm³/mol. The number of ether oxygens (including phenoxy) is 1. The van der Waals surface area contributed by atoms with Gasteiger partial charge in [0.05, 0.1) is 5.56 Å². The summed E-state index contributed by atoms with van der Waals surface area (Å²) in [6.07, 6.45) is 0.895. The fourth-order valence-corrected chi connectivity index (χ4v) is 2.08. The number of esters is 1. The van der Waals surface area contributed by atoms with Gasteiger partial charge in [-0.25, -0.2) is 4.79 Å². The highest BCUT2D eigenvalue weighted by Crippen LogP contribution is 2.11. The summed E-state index contributed by atoms with van der Waals surface area (Å²) in [5.74, 6) is -0.842. The summed E-state index contributed by atoms with van der Waals surface area (Å²) >= 11 is 0. The minimum absolute atomic E-state index is 0.302. The summed E-state index contributed by atoms with van der Waals surface area (Å²) in [7, 11) is 0. The Hall–Kier alpha value is -2.62. The summed E-state index contributed by atoms with van der Waals surface area (Å²) in [5, 5.41) is 2.72. The average Bonchev–Trinajstić information content (AvgIpc) is 2.53. The molecule has 2 aromatic carbocycles. The van der Waals surface area contributed by atoms with Crippen LogP contribution in [0.25, 0.3) is 0 Å². The van der Waals surface area contributed by atoms with E-state index < -0.39 is 5.97 Å². The largest absolute Gasteiger partial charge is 0.452 e. The molecule has 0 aliphatic heterocycles. The maximum absolute atomic E-state index is 11.9. The lowest BCUT2D eigenvalue weighted by Crippen LogP contribution is -2.21. The lowest BCUT2D eigenvalue weighted by molar-refractivity contribution is -0.119. The fourth-order valence-electron chi connectivity index (χ4n) is 2.08. The Labute approximate surface area is 130 Å². The second-order valence-electron chi connectivity index (χ2n) is 4.99. The van der Waals surface area contributed by atoms with E-state index in [1.807, 2.05) is 44.2 Å². The summed E-state index contributed by atoms with van der Waals surface area (Å²) in [4.78, 5) is 23.8. The van der Waals surface area contributed by atoms with Crippen LogP contribution in [0.4, 0.5) is 5.69 Å². The van der Waals surface area contributed by atoms with E-state index in [-0.39, 0.29) is 12.5 Å². The van der Waals surface area contributed by atoms with E-state index in [1.165, 1.54) is 0 Å². The van der Waals surface area contributed by atoms with Crippen molar-refractivity contribution in [3.05, 3.63) is 65.2 Å². The summed E-state index contributed by atoms with van der Waals surface area (Å²) < 4.78 is 5.05. The van der Waals surface area contributed by atoms with Gasteiger partial charge >= 0.3 is 5.97 Å². The first-order valence-corrected chi connectivity index (χ1v) is 7.21. The molecule has 0 aliphatic carbocycles. The number of rotatable bonds is 5. The highest BCUT2D eigenvalue weighted by atomic mass is 16.5. The van der Waals surface area contributed by atoms with Crippen LogP contribution in [-0.4, -0.2) is 18.5 Å². The Morgan fingerprint density at radius 1 is 1.09 bits per heavy atom. The fraction of sp³-hybridized carbons (Fsp3) is 0.222. The molecule has 4 nitrogen and oxygen atoms in total. The minimum Gasteiger partial charge on any atom is -0.452 e. The Morgan fingerprint density at radius 2 is 1.86 bits per heavy atom. The second kappa shape index (κ2) is 7.41. The molecule has 2 rings (SSSR count). The van der Waals surface area contributed by atoms with Gasteiger partial charge in [-0.2, -0.15) is 0 Å². The molecule has 0 saturated heterocycles. The quantitative estimate of drug-likeness (QED) is 0.861. The lowest BCUT2D eigenvalue weighted by Gasteiger charge is -2.08. The number of hydrogen-bond donors (Lipinski definition) is 1. The van der Waals surface area contributed by atoms with Crippen molar-refractivity contribution in [1.82, 2.24) is 0 Å². The predicted octanol–water partition coefficient (Wildman–Crippen LogP) is 3.35. The van der Waals surface area contributed by atoms with Crippen LogP contribution >= 0.6 is 0 Å². The van der Waals surface area contributed by atoms with Gasteiger partial charge in [-0.15, -0.1) is 0 Å². The van der Waals surface area contributed by atoms with Gasteiger partial charge in [0.15, 0.2) is 6.61 Å². The van der Waals surface area contributed by atoms with Crippen LogP contribution in [-0.2, 0) is 16.0 Å². The molecule has 0 atom stereocenters. The van der Waals surface area contributed by atoms with Crippen LogP contribution in [0.2, 0.25) is 0 Å². The van der Waals surface area contributed by atoms with Gasteiger partial charge in [0.2, 0.25) is 0 Å². The van der Waals surface area contributed by atoms with Gasteiger partial charge in [-0.05, 0) is 42.7 Å². The van der Waals surface area contributed by atoms with Crippen molar-refractivity contribution in [3.63, 3.8) is 0 Å². The third-order valence-electron chi connectivity index (χ3n) is 3.32. The molecule has 1 N–H and O–H groups in total. The normalized spacial score (nSPS) is 10.1. The van der Waals surface area contributed by atoms with Gasteiger partial charge in [-0.1, -0.05) is 37.3 Å². The number of carbonyl (C=O) groups excluding carboxylic acids is 2. The standard InChI is InChI=1S/C18H19NO3/c1-3-14-8-6-9-15(11-14)19-17(20)12-22-18(21)16-10-5-4-7-13(16)2/h4-11H,3,12H2,1-2H3,(H,19,20). The van der Waals surface area contributed by atoms with Gasteiger partial charge in [-0.3, -0.25) is 4.79 Å². The van der Waals surface area contributed by atoms with Crippen LogP contribution in [0.3, 0.4) is 0 Å². The number of amides is 1. The highest BCUT2D eigenvalue weighted by molar-refractivity contribution is 5.96. The second-order valence-corrected chi connectivity index (χ2v) is 4.99. The molecule has 0 spiro atoms. The molecule has 0 aromatic heterocycles. The van der Waals surface area contributed by atoms with Gasteiger partial charge in [0.25, 0.3) is 5.91 Å². The number of aryl methyl sites for hydroxylation is 2. The van der Waals surface area contributed by atoms with Gasteiger partial charge in [0, 0.05) is 5.69 Å². The van der Waals surface area contributed by atoms with Crippen molar-refractivity contribution >= 4 is 17.6 Å². The van der Waals surface area contributed by atoms with E-state index in [9.17, 15) is 9.59 Å². The minimum atomic E-state index is -0.490.